The molecular formula is C16H19N3O2. The van der Waals surface area contributed by atoms with E-state index in [0.717, 1.165) is 30.8 Å². The Morgan fingerprint density at radius 2 is 2.14 bits per heavy atom. The minimum Gasteiger partial charge on any atom is -0.481 e. The molecule has 1 aromatic carbocycles. The first-order chi connectivity index (χ1) is 10.1. The number of para-hydroxylation sites is 1. The van der Waals surface area contributed by atoms with E-state index in [0.29, 0.717) is 0 Å². The number of benzene rings is 1. The van der Waals surface area contributed by atoms with Gasteiger partial charge in [0.2, 0.25) is 0 Å². The van der Waals surface area contributed by atoms with Crippen LogP contribution in [0, 0.1) is 5.92 Å². The molecule has 5 heteroatoms. The maximum atomic E-state index is 11.2. The molecule has 5 nitrogen and oxygen atoms in total. The Balaban J connectivity index is 1.70. The fourth-order valence-electron chi connectivity index (χ4n) is 2.96. The van der Waals surface area contributed by atoms with Crippen LogP contribution in [-0.4, -0.2) is 38.3 Å². The highest BCUT2D eigenvalue weighted by molar-refractivity contribution is 5.71. The van der Waals surface area contributed by atoms with Gasteiger partial charge in [-0.3, -0.25) is 9.69 Å². The van der Waals surface area contributed by atoms with Crippen LogP contribution in [-0.2, 0) is 11.3 Å². The van der Waals surface area contributed by atoms with Crippen molar-refractivity contribution >= 4 is 5.97 Å². The van der Waals surface area contributed by atoms with Gasteiger partial charge in [0.15, 0.2) is 0 Å². The Bertz CT molecular complexity index is 623. The minimum absolute atomic E-state index is 0.0718. The summed E-state index contributed by atoms with van der Waals surface area (Å²) in [5, 5.41) is 13.6. The van der Waals surface area contributed by atoms with Gasteiger partial charge in [-0.1, -0.05) is 18.2 Å². The van der Waals surface area contributed by atoms with E-state index in [1.807, 2.05) is 54.3 Å². The Morgan fingerprint density at radius 3 is 2.81 bits per heavy atom. The Labute approximate surface area is 123 Å². The second-order valence-electron chi connectivity index (χ2n) is 5.57. The average molecular weight is 285 g/mol. The van der Waals surface area contributed by atoms with Crippen molar-refractivity contribution in [2.45, 2.75) is 25.9 Å². The molecular weight excluding hydrogens is 266 g/mol. The topological polar surface area (TPSA) is 58.4 Å². The Morgan fingerprint density at radius 1 is 1.38 bits per heavy atom. The van der Waals surface area contributed by atoms with E-state index < -0.39 is 5.97 Å². The van der Waals surface area contributed by atoms with E-state index in [-0.39, 0.29) is 12.0 Å². The largest absolute Gasteiger partial charge is 0.481 e. The summed E-state index contributed by atoms with van der Waals surface area (Å²) in [6, 6.07) is 10.0. The number of hydrogen-bond donors (Lipinski definition) is 1. The molecule has 0 bridgehead atoms. The number of nitrogens with zero attached hydrogens (tertiary/aromatic N) is 3. The summed E-state index contributed by atoms with van der Waals surface area (Å²) in [6.45, 7) is 3.57. The first-order valence-electron chi connectivity index (χ1n) is 7.21. The molecule has 21 heavy (non-hydrogen) atoms. The lowest BCUT2D eigenvalue weighted by Gasteiger charge is -2.22. The van der Waals surface area contributed by atoms with Crippen LogP contribution in [0.3, 0.4) is 0 Å². The van der Waals surface area contributed by atoms with Crippen molar-refractivity contribution in [3.05, 3.63) is 48.3 Å². The molecule has 1 saturated heterocycles. The molecule has 2 aromatic rings. The molecule has 2 atom stereocenters. The van der Waals surface area contributed by atoms with E-state index in [1.165, 1.54) is 0 Å². The Hall–Kier alpha value is -2.14. The molecule has 3 rings (SSSR count). The lowest BCUT2D eigenvalue weighted by atomic mass is 10.0. The van der Waals surface area contributed by atoms with Gasteiger partial charge in [-0.25, -0.2) is 4.68 Å². The molecule has 110 valence electrons. The third-order valence-electron chi connectivity index (χ3n) is 4.25. The number of aromatic nitrogens is 2. The molecule has 1 N–H and O–H groups in total. The first-order valence-corrected chi connectivity index (χ1v) is 7.21. The van der Waals surface area contributed by atoms with Crippen LogP contribution < -0.4 is 0 Å². The maximum absolute atomic E-state index is 11.2. The molecule has 0 radical (unpaired) electrons. The summed E-state index contributed by atoms with van der Waals surface area (Å²) in [5.74, 6) is -0.945. The third-order valence-corrected chi connectivity index (χ3v) is 4.25. The zero-order valence-corrected chi connectivity index (χ0v) is 12.0. The number of carboxylic acids is 1. The monoisotopic (exact) mass is 285 g/mol. The van der Waals surface area contributed by atoms with Crippen LogP contribution in [0.25, 0.3) is 5.69 Å². The van der Waals surface area contributed by atoms with Crippen LogP contribution in [0.2, 0.25) is 0 Å². The summed E-state index contributed by atoms with van der Waals surface area (Å²) in [6.07, 6.45) is 4.59. The predicted octanol–water partition coefficient (Wildman–Crippen LogP) is 2.17. The average Bonchev–Trinajstić information content (AvgIpc) is 3.08. The van der Waals surface area contributed by atoms with Crippen LogP contribution in [0.4, 0.5) is 0 Å². The van der Waals surface area contributed by atoms with Gasteiger partial charge in [0.25, 0.3) is 0 Å². The molecule has 1 aliphatic heterocycles. The molecule has 0 saturated carbocycles. The maximum Gasteiger partial charge on any atom is 0.308 e. The number of likely N-dealkylation sites (tertiary alicyclic amines) is 1. The summed E-state index contributed by atoms with van der Waals surface area (Å²) in [5.41, 5.74) is 2.14. The molecule has 1 aromatic heterocycles. The van der Waals surface area contributed by atoms with Gasteiger partial charge < -0.3 is 5.11 Å². The van der Waals surface area contributed by atoms with E-state index in [9.17, 15) is 9.90 Å². The van der Waals surface area contributed by atoms with Gasteiger partial charge >= 0.3 is 5.97 Å². The zero-order valence-electron chi connectivity index (χ0n) is 12.0. The van der Waals surface area contributed by atoms with Crippen LogP contribution >= 0.6 is 0 Å². The summed E-state index contributed by atoms with van der Waals surface area (Å²) in [4.78, 5) is 13.4. The van der Waals surface area contributed by atoms with Gasteiger partial charge in [-0.05, 0) is 32.0 Å². The third kappa shape index (κ3) is 2.83. The highest BCUT2D eigenvalue weighted by atomic mass is 16.4. The van der Waals surface area contributed by atoms with Crippen molar-refractivity contribution in [3.8, 4) is 5.69 Å². The Kier molecular flexibility index (Phi) is 3.75. The summed E-state index contributed by atoms with van der Waals surface area (Å²) in [7, 11) is 0. The van der Waals surface area contributed by atoms with Gasteiger partial charge in [-0.15, -0.1) is 0 Å². The molecule has 2 unspecified atom stereocenters. The van der Waals surface area contributed by atoms with E-state index in [1.54, 1.807) is 0 Å². The number of aliphatic carboxylic acids is 1. The fraction of sp³-hybridized carbons (Fsp3) is 0.375. The SMILES string of the molecule is CC1C(C(=O)O)CCN1Cc1cnn(-c2ccccc2)c1. The van der Waals surface area contributed by atoms with Crippen molar-refractivity contribution in [1.29, 1.82) is 0 Å². The molecule has 1 fully saturated rings. The smallest absolute Gasteiger partial charge is 0.308 e. The van der Waals surface area contributed by atoms with Crippen molar-refractivity contribution in [2.75, 3.05) is 6.54 Å². The zero-order chi connectivity index (χ0) is 14.8. The highest BCUT2D eigenvalue weighted by Crippen LogP contribution is 2.26. The summed E-state index contributed by atoms with van der Waals surface area (Å²) < 4.78 is 1.85. The van der Waals surface area contributed by atoms with Gasteiger partial charge in [0, 0.05) is 24.3 Å². The predicted molar refractivity (Wildman–Crippen MR) is 79.2 cm³/mol. The fourth-order valence-corrected chi connectivity index (χ4v) is 2.96. The molecule has 0 amide bonds. The number of carboxylic acid groups (broad SMARTS) is 1. The highest BCUT2D eigenvalue weighted by Gasteiger charge is 2.35. The van der Waals surface area contributed by atoms with Crippen LogP contribution in [0.5, 0.6) is 0 Å². The lowest BCUT2D eigenvalue weighted by Crippen LogP contribution is -2.32. The summed E-state index contributed by atoms with van der Waals surface area (Å²) >= 11 is 0. The van der Waals surface area contributed by atoms with Crippen molar-refractivity contribution in [2.24, 2.45) is 5.92 Å². The van der Waals surface area contributed by atoms with Crippen LogP contribution in [0.1, 0.15) is 18.9 Å². The second-order valence-corrected chi connectivity index (χ2v) is 5.57. The van der Waals surface area contributed by atoms with Gasteiger partial charge in [0.05, 0.1) is 17.8 Å². The van der Waals surface area contributed by atoms with Gasteiger partial charge in [-0.2, -0.15) is 5.10 Å². The molecule has 2 heterocycles. The van der Waals surface area contributed by atoms with E-state index >= 15 is 0 Å². The molecule has 0 aliphatic carbocycles. The van der Waals surface area contributed by atoms with Gasteiger partial charge in [0.1, 0.15) is 0 Å². The molecule has 0 spiro atoms. The second kappa shape index (κ2) is 5.69. The van der Waals surface area contributed by atoms with E-state index in [2.05, 4.69) is 10.00 Å². The standard InChI is InChI=1S/C16H19N3O2/c1-12-15(16(20)21)7-8-18(12)10-13-9-17-19(11-13)14-5-3-2-4-6-14/h2-6,9,11-12,15H,7-8,10H2,1H3,(H,20,21). The van der Waals surface area contributed by atoms with Crippen LogP contribution in [0.15, 0.2) is 42.7 Å². The number of hydrogen-bond acceptors (Lipinski definition) is 3. The number of carbonyl (C=O) groups is 1. The van der Waals surface area contributed by atoms with Crippen molar-refractivity contribution < 1.29 is 9.90 Å². The first kappa shape index (κ1) is 13.8. The number of rotatable bonds is 4. The van der Waals surface area contributed by atoms with Crippen molar-refractivity contribution in [3.63, 3.8) is 0 Å². The lowest BCUT2D eigenvalue weighted by molar-refractivity contribution is -0.142. The normalized spacial score (nSPS) is 22.5. The molecule has 1 aliphatic rings. The quantitative estimate of drug-likeness (QED) is 0.935. The van der Waals surface area contributed by atoms with Crippen molar-refractivity contribution in [1.82, 2.24) is 14.7 Å². The minimum atomic E-state index is -0.690. The van der Waals surface area contributed by atoms with E-state index in [4.69, 9.17) is 0 Å².